The fourth-order valence-corrected chi connectivity index (χ4v) is 3.70. The van der Waals surface area contributed by atoms with E-state index in [4.69, 9.17) is 9.47 Å². The van der Waals surface area contributed by atoms with Gasteiger partial charge in [-0.3, -0.25) is 14.6 Å². The van der Waals surface area contributed by atoms with Gasteiger partial charge < -0.3 is 20.1 Å². The van der Waals surface area contributed by atoms with Gasteiger partial charge in [0, 0.05) is 29.6 Å². The van der Waals surface area contributed by atoms with Crippen LogP contribution in [-0.2, 0) is 0 Å². The number of pyridine rings is 1. The Morgan fingerprint density at radius 1 is 0.897 bits per heavy atom. The highest BCUT2D eigenvalue weighted by molar-refractivity contribution is 6.05. The standard InChI is InChI=1S/C22H25N3O4/c26-21(25-17-7-8-19-20(14-17)29-12-11-28-19)15-9-10-23-18(13-15)22(27)24-16-5-3-1-2-4-6-16/h7-10,13-14,16H,1-6,11-12H2,(H,24,27)(H,25,26). The molecule has 0 spiro atoms. The Morgan fingerprint density at radius 2 is 1.66 bits per heavy atom. The summed E-state index contributed by atoms with van der Waals surface area (Å²) in [6.07, 6.45) is 8.19. The van der Waals surface area contributed by atoms with E-state index in [1.807, 2.05) is 0 Å². The number of fused-ring (bicyclic) bond motifs is 1. The molecule has 29 heavy (non-hydrogen) atoms. The molecular formula is C22H25N3O4. The summed E-state index contributed by atoms with van der Waals surface area (Å²) in [5.74, 6) is 0.723. The summed E-state index contributed by atoms with van der Waals surface area (Å²) < 4.78 is 11.0. The number of nitrogens with zero attached hydrogens (tertiary/aromatic N) is 1. The first-order chi connectivity index (χ1) is 14.2. The molecule has 0 bridgehead atoms. The van der Waals surface area contributed by atoms with Gasteiger partial charge in [-0.15, -0.1) is 0 Å². The minimum absolute atomic E-state index is 0.182. The van der Waals surface area contributed by atoms with E-state index in [9.17, 15) is 9.59 Å². The molecule has 2 aromatic rings. The Kier molecular flexibility index (Phi) is 5.93. The van der Waals surface area contributed by atoms with Gasteiger partial charge in [0.2, 0.25) is 0 Å². The summed E-state index contributed by atoms with van der Waals surface area (Å²) in [5.41, 5.74) is 1.23. The molecule has 1 aromatic heterocycles. The molecule has 1 fully saturated rings. The fraction of sp³-hybridized carbons (Fsp3) is 0.409. The van der Waals surface area contributed by atoms with Crippen molar-refractivity contribution in [2.45, 2.75) is 44.6 Å². The van der Waals surface area contributed by atoms with Crippen molar-refractivity contribution in [2.24, 2.45) is 0 Å². The number of hydrogen-bond donors (Lipinski definition) is 2. The average Bonchev–Trinajstić information content (AvgIpc) is 3.02. The van der Waals surface area contributed by atoms with Crippen LogP contribution in [0.25, 0.3) is 0 Å². The first-order valence-corrected chi connectivity index (χ1v) is 10.2. The number of hydrogen-bond acceptors (Lipinski definition) is 5. The van der Waals surface area contributed by atoms with Crippen LogP contribution in [0.4, 0.5) is 5.69 Å². The van der Waals surface area contributed by atoms with E-state index >= 15 is 0 Å². The number of amides is 2. The van der Waals surface area contributed by atoms with Crippen LogP contribution in [0, 0.1) is 0 Å². The third-order valence-corrected chi connectivity index (χ3v) is 5.25. The van der Waals surface area contributed by atoms with Crippen LogP contribution in [0.1, 0.15) is 59.4 Å². The summed E-state index contributed by atoms with van der Waals surface area (Å²) in [6.45, 7) is 0.996. The highest BCUT2D eigenvalue weighted by Crippen LogP contribution is 2.32. The molecule has 2 N–H and O–H groups in total. The zero-order chi connectivity index (χ0) is 20.1. The first-order valence-electron chi connectivity index (χ1n) is 10.2. The number of anilines is 1. The lowest BCUT2D eigenvalue weighted by Crippen LogP contribution is -2.35. The van der Waals surface area contributed by atoms with Crippen molar-refractivity contribution in [2.75, 3.05) is 18.5 Å². The van der Waals surface area contributed by atoms with Crippen molar-refractivity contribution < 1.29 is 19.1 Å². The van der Waals surface area contributed by atoms with E-state index < -0.39 is 0 Å². The SMILES string of the molecule is O=C(Nc1ccc2c(c1)OCCO2)c1ccnc(C(=O)NC2CCCCCC2)c1. The Morgan fingerprint density at radius 3 is 2.45 bits per heavy atom. The van der Waals surface area contributed by atoms with Crippen LogP contribution in [-0.4, -0.2) is 36.1 Å². The molecule has 1 saturated carbocycles. The number of aromatic nitrogens is 1. The van der Waals surface area contributed by atoms with Crippen molar-refractivity contribution in [1.82, 2.24) is 10.3 Å². The van der Waals surface area contributed by atoms with E-state index in [2.05, 4.69) is 15.6 Å². The van der Waals surface area contributed by atoms with Gasteiger partial charge >= 0.3 is 0 Å². The molecule has 0 unspecified atom stereocenters. The summed E-state index contributed by atoms with van der Waals surface area (Å²) in [6, 6.07) is 8.55. The van der Waals surface area contributed by atoms with Crippen molar-refractivity contribution in [3.8, 4) is 11.5 Å². The van der Waals surface area contributed by atoms with Crippen LogP contribution in [0.15, 0.2) is 36.5 Å². The van der Waals surface area contributed by atoms with Crippen LogP contribution < -0.4 is 20.1 Å². The molecular weight excluding hydrogens is 370 g/mol. The summed E-state index contributed by atoms with van der Waals surface area (Å²) in [4.78, 5) is 29.4. The minimum Gasteiger partial charge on any atom is -0.486 e. The molecule has 1 aliphatic heterocycles. The molecule has 7 heteroatoms. The Bertz CT molecular complexity index is 891. The second-order valence-electron chi connectivity index (χ2n) is 7.40. The highest BCUT2D eigenvalue weighted by atomic mass is 16.6. The van der Waals surface area contributed by atoms with E-state index in [1.165, 1.54) is 25.1 Å². The molecule has 152 valence electrons. The normalized spacial score (nSPS) is 16.6. The number of rotatable bonds is 4. The molecule has 2 amide bonds. The molecule has 0 radical (unpaired) electrons. The second-order valence-corrected chi connectivity index (χ2v) is 7.40. The molecule has 2 heterocycles. The third kappa shape index (κ3) is 4.85. The van der Waals surface area contributed by atoms with E-state index in [0.717, 1.165) is 25.7 Å². The van der Waals surface area contributed by atoms with Crippen LogP contribution in [0.5, 0.6) is 11.5 Å². The maximum absolute atomic E-state index is 12.6. The van der Waals surface area contributed by atoms with Gasteiger partial charge in [0.15, 0.2) is 11.5 Å². The predicted molar refractivity (Wildman–Crippen MR) is 109 cm³/mol. The summed E-state index contributed by atoms with van der Waals surface area (Å²) >= 11 is 0. The molecule has 0 atom stereocenters. The lowest BCUT2D eigenvalue weighted by atomic mass is 10.1. The van der Waals surface area contributed by atoms with E-state index in [0.29, 0.717) is 36.0 Å². The molecule has 4 rings (SSSR count). The summed E-state index contributed by atoms with van der Waals surface area (Å²) in [7, 11) is 0. The number of nitrogens with one attached hydrogen (secondary N) is 2. The van der Waals surface area contributed by atoms with Crippen molar-refractivity contribution >= 4 is 17.5 Å². The Balaban J connectivity index is 1.42. The van der Waals surface area contributed by atoms with E-state index in [-0.39, 0.29) is 23.6 Å². The maximum Gasteiger partial charge on any atom is 0.270 e. The number of carbonyl (C=O) groups excluding carboxylic acids is 2. The average molecular weight is 395 g/mol. The van der Waals surface area contributed by atoms with Gasteiger partial charge in [-0.1, -0.05) is 25.7 Å². The fourth-order valence-electron chi connectivity index (χ4n) is 3.70. The first kappa shape index (κ1) is 19.2. The number of carbonyl (C=O) groups is 2. The van der Waals surface area contributed by atoms with Crippen LogP contribution in [0.3, 0.4) is 0 Å². The summed E-state index contributed by atoms with van der Waals surface area (Å²) in [5, 5.41) is 5.89. The van der Waals surface area contributed by atoms with Crippen LogP contribution >= 0.6 is 0 Å². The molecule has 7 nitrogen and oxygen atoms in total. The molecule has 1 aliphatic carbocycles. The second kappa shape index (κ2) is 8.94. The predicted octanol–water partition coefficient (Wildman–Crippen LogP) is 3.56. The van der Waals surface area contributed by atoms with Crippen molar-refractivity contribution in [3.05, 3.63) is 47.8 Å². The Labute approximate surface area is 169 Å². The molecule has 2 aliphatic rings. The quantitative estimate of drug-likeness (QED) is 0.773. The number of benzene rings is 1. The smallest absolute Gasteiger partial charge is 0.270 e. The molecule has 0 saturated heterocycles. The van der Waals surface area contributed by atoms with Gasteiger partial charge in [-0.05, 0) is 37.1 Å². The van der Waals surface area contributed by atoms with Gasteiger partial charge in [0.25, 0.3) is 11.8 Å². The van der Waals surface area contributed by atoms with Crippen molar-refractivity contribution in [1.29, 1.82) is 0 Å². The largest absolute Gasteiger partial charge is 0.486 e. The molecule has 1 aromatic carbocycles. The Hall–Kier alpha value is -3.09. The van der Waals surface area contributed by atoms with Gasteiger partial charge in [0.1, 0.15) is 18.9 Å². The van der Waals surface area contributed by atoms with Gasteiger partial charge in [-0.25, -0.2) is 0 Å². The van der Waals surface area contributed by atoms with E-state index in [1.54, 1.807) is 24.3 Å². The number of ether oxygens (including phenoxy) is 2. The topological polar surface area (TPSA) is 89.6 Å². The third-order valence-electron chi connectivity index (χ3n) is 5.25. The van der Waals surface area contributed by atoms with Crippen molar-refractivity contribution in [3.63, 3.8) is 0 Å². The van der Waals surface area contributed by atoms with Gasteiger partial charge in [0.05, 0.1) is 0 Å². The van der Waals surface area contributed by atoms with Gasteiger partial charge in [-0.2, -0.15) is 0 Å². The maximum atomic E-state index is 12.6. The zero-order valence-corrected chi connectivity index (χ0v) is 16.3. The lowest BCUT2D eigenvalue weighted by molar-refractivity contribution is 0.0928. The highest BCUT2D eigenvalue weighted by Gasteiger charge is 2.18. The lowest BCUT2D eigenvalue weighted by Gasteiger charge is -2.19. The monoisotopic (exact) mass is 395 g/mol. The zero-order valence-electron chi connectivity index (χ0n) is 16.3. The van der Waals surface area contributed by atoms with Crippen LogP contribution in [0.2, 0.25) is 0 Å². The minimum atomic E-state index is -0.312.